The second-order valence-corrected chi connectivity index (χ2v) is 4.05. The van der Waals surface area contributed by atoms with Gasteiger partial charge >= 0.3 is 0 Å². The van der Waals surface area contributed by atoms with Crippen molar-refractivity contribution in [1.82, 2.24) is 9.78 Å². The van der Waals surface area contributed by atoms with Crippen molar-refractivity contribution < 1.29 is 4.79 Å². The van der Waals surface area contributed by atoms with Crippen LogP contribution in [0.5, 0.6) is 0 Å². The van der Waals surface area contributed by atoms with Crippen molar-refractivity contribution in [1.29, 1.82) is 0 Å². The van der Waals surface area contributed by atoms with Crippen LogP contribution >= 0.6 is 0 Å². The van der Waals surface area contributed by atoms with Crippen LogP contribution in [0.25, 0.3) is 0 Å². The molecule has 0 spiro atoms. The van der Waals surface area contributed by atoms with Gasteiger partial charge in [-0.15, -0.1) is 0 Å². The Morgan fingerprint density at radius 2 is 2.43 bits per heavy atom. The molecule has 0 aliphatic heterocycles. The molecule has 0 radical (unpaired) electrons. The molecule has 1 aliphatic rings. The van der Waals surface area contributed by atoms with E-state index in [1.54, 1.807) is 4.68 Å². The topological polar surface area (TPSA) is 34.9 Å². The molecule has 0 saturated heterocycles. The van der Waals surface area contributed by atoms with E-state index < -0.39 is 0 Å². The van der Waals surface area contributed by atoms with Crippen LogP contribution in [0.4, 0.5) is 0 Å². The van der Waals surface area contributed by atoms with E-state index in [0.717, 1.165) is 30.5 Å². The van der Waals surface area contributed by atoms with Crippen molar-refractivity contribution in [2.24, 2.45) is 7.05 Å². The van der Waals surface area contributed by atoms with Gasteiger partial charge in [-0.2, -0.15) is 5.10 Å². The van der Waals surface area contributed by atoms with Crippen LogP contribution in [-0.2, 0) is 7.05 Å². The van der Waals surface area contributed by atoms with Gasteiger partial charge in [-0.05, 0) is 12.8 Å². The molecular formula is C11H16N2O. The molecule has 1 atom stereocenters. The number of carbonyl (C=O) groups excluding carboxylic acids is 1. The lowest BCUT2D eigenvalue weighted by Crippen LogP contribution is -2.14. The van der Waals surface area contributed by atoms with Crippen LogP contribution in [0.3, 0.4) is 0 Å². The molecule has 14 heavy (non-hydrogen) atoms. The number of carbonyl (C=O) groups is 1. The molecule has 0 saturated carbocycles. The molecule has 0 aromatic carbocycles. The van der Waals surface area contributed by atoms with Crippen LogP contribution in [0, 0.1) is 0 Å². The Balaban J connectivity index is 2.36. The van der Waals surface area contributed by atoms with Crippen LogP contribution in [-0.4, -0.2) is 15.6 Å². The fraction of sp³-hybridized carbons (Fsp3) is 0.636. The molecule has 1 aromatic rings. The highest BCUT2D eigenvalue weighted by atomic mass is 16.1. The SMILES string of the molecule is CCCC1CCC(=O)c2cn(C)nc21. The zero-order chi connectivity index (χ0) is 10.1. The first-order valence-electron chi connectivity index (χ1n) is 5.29. The van der Waals surface area contributed by atoms with E-state index in [4.69, 9.17) is 0 Å². The van der Waals surface area contributed by atoms with Gasteiger partial charge in [0.25, 0.3) is 0 Å². The van der Waals surface area contributed by atoms with Crippen LogP contribution < -0.4 is 0 Å². The van der Waals surface area contributed by atoms with E-state index in [1.807, 2.05) is 13.2 Å². The Kier molecular flexibility index (Phi) is 2.40. The average molecular weight is 192 g/mol. The minimum Gasteiger partial charge on any atom is -0.294 e. The van der Waals surface area contributed by atoms with Gasteiger partial charge in [0.15, 0.2) is 5.78 Å². The summed E-state index contributed by atoms with van der Waals surface area (Å²) >= 11 is 0. The zero-order valence-electron chi connectivity index (χ0n) is 8.79. The van der Waals surface area contributed by atoms with Gasteiger partial charge in [0.2, 0.25) is 0 Å². The highest BCUT2D eigenvalue weighted by Gasteiger charge is 2.27. The first-order chi connectivity index (χ1) is 6.72. The molecule has 0 fully saturated rings. The number of hydrogen-bond donors (Lipinski definition) is 0. The monoisotopic (exact) mass is 192 g/mol. The second-order valence-electron chi connectivity index (χ2n) is 4.05. The molecule has 1 unspecified atom stereocenters. The molecule has 1 heterocycles. The average Bonchev–Trinajstić information content (AvgIpc) is 2.53. The summed E-state index contributed by atoms with van der Waals surface area (Å²) in [5.74, 6) is 0.773. The van der Waals surface area contributed by atoms with E-state index in [9.17, 15) is 4.79 Å². The number of fused-ring (bicyclic) bond motifs is 1. The molecule has 3 nitrogen and oxygen atoms in total. The van der Waals surface area contributed by atoms with E-state index in [0.29, 0.717) is 12.3 Å². The number of nitrogens with zero attached hydrogens (tertiary/aromatic N) is 2. The quantitative estimate of drug-likeness (QED) is 0.720. The van der Waals surface area contributed by atoms with Crippen LogP contribution in [0.2, 0.25) is 0 Å². The number of ketones is 1. The molecule has 2 rings (SSSR count). The van der Waals surface area contributed by atoms with Crippen molar-refractivity contribution in [3.63, 3.8) is 0 Å². The number of Topliss-reactive ketones (excluding diaryl/α,β-unsaturated/α-hetero) is 1. The predicted molar refractivity (Wildman–Crippen MR) is 54.4 cm³/mol. The molecule has 3 heteroatoms. The minimum atomic E-state index is 0.264. The van der Waals surface area contributed by atoms with E-state index in [1.165, 1.54) is 0 Å². The summed E-state index contributed by atoms with van der Waals surface area (Å²) in [6.07, 6.45) is 5.85. The molecule has 1 aliphatic carbocycles. The molecule has 1 aromatic heterocycles. The maximum absolute atomic E-state index is 11.6. The van der Waals surface area contributed by atoms with Crippen molar-refractivity contribution in [3.05, 3.63) is 17.5 Å². The van der Waals surface area contributed by atoms with Gasteiger partial charge < -0.3 is 0 Å². The van der Waals surface area contributed by atoms with Gasteiger partial charge in [0, 0.05) is 25.6 Å². The van der Waals surface area contributed by atoms with Crippen molar-refractivity contribution in [2.45, 2.75) is 38.5 Å². The zero-order valence-corrected chi connectivity index (χ0v) is 8.79. The van der Waals surface area contributed by atoms with Crippen LogP contribution in [0.15, 0.2) is 6.20 Å². The van der Waals surface area contributed by atoms with Crippen LogP contribution in [0.1, 0.15) is 54.6 Å². The van der Waals surface area contributed by atoms with E-state index >= 15 is 0 Å². The maximum atomic E-state index is 11.6. The summed E-state index contributed by atoms with van der Waals surface area (Å²) < 4.78 is 1.76. The van der Waals surface area contributed by atoms with E-state index in [-0.39, 0.29) is 5.78 Å². The predicted octanol–water partition coefficient (Wildman–Crippen LogP) is 2.28. The Hall–Kier alpha value is -1.12. The van der Waals surface area contributed by atoms with Crippen molar-refractivity contribution >= 4 is 5.78 Å². The summed E-state index contributed by atoms with van der Waals surface area (Å²) in [5, 5.41) is 4.40. The molecule has 0 N–H and O–H groups in total. The molecule has 76 valence electrons. The maximum Gasteiger partial charge on any atom is 0.166 e. The Morgan fingerprint density at radius 3 is 3.14 bits per heavy atom. The largest absolute Gasteiger partial charge is 0.294 e. The Morgan fingerprint density at radius 1 is 1.64 bits per heavy atom. The third-order valence-corrected chi connectivity index (χ3v) is 2.90. The second kappa shape index (κ2) is 3.56. The Labute approximate surface area is 84.1 Å². The van der Waals surface area contributed by atoms with Gasteiger partial charge in [-0.3, -0.25) is 9.48 Å². The van der Waals surface area contributed by atoms with E-state index in [2.05, 4.69) is 12.0 Å². The summed E-state index contributed by atoms with van der Waals surface area (Å²) in [5.41, 5.74) is 1.89. The van der Waals surface area contributed by atoms with Crippen molar-refractivity contribution in [2.75, 3.05) is 0 Å². The number of aromatic nitrogens is 2. The normalized spacial score (nSPS) is 21.0. The Bertz CT molecular complexity index is 354. The standard InChI is InChI=1S/C11H16N2O/c1-3-4-8-5-6-10(14)9-7-13(2)12-11(8)9/h7-8H,3-6H2,1-2H3. The molecule has 0 bridgehead atoms. The summed E-state index contributed by atoms with van der Waals surface area (Å²) in [7, 11) is 1.88. The summed E-state index contributed by atoms with van der Waals surface area (Å²) in [6, 6.07) is 0. The van der Waals surface area contributed by atoms with Gasteiger partial charge in [-0.25, -0.2) is 0 Å². The van der Waals surface area contributed by atoms with Gasteiger partial charge in [0.05, 0.1) is 11.3 Å². The highest BCUT2D eigenvalue weighted by molar-refractivity contribution is 5.98. The summed E-state index contributed by atoms with van der Waals surface area (Å²) in [6.45, 7) is 2.18. The molecule has 0 amide bonds. The lowest BCUT2D eigenvalue weighted by molar-refractivity contribution is 0.0966. The summed E-state index contributed by atoms with van der Waals surface area (Å²) in [4.78, 5) is 11.6. The third-order valence-electron chi connectivity index (χ3n) is 2.90. The van der Waals surface area contributed by atoms with Gasteiger partial charge in [-0.1, -0.05) is 13.3 Å². The fourth-order valence-electron chi connectivity index (χ4n) is 2.23. The highest BCUT2D eigenvalue weighted by Crippen LogP contribution is 2.33. The number of hydrogen-bond acceptors (Lipinski definition) is 2. The number of aryl methyl sites for hydroxylation is 1. The van der Waals surface area contributed by atoms with Crippen molar-refractivity contribution in [3.8, 4) is 0 Å². The first kappa shape index (κ1) is 9.44. The van der Waals surface area contributed by atoms with Gasteiger partial charge in [0.1, 0.15) is 0 Å². The lowest BCUT2D eigenvalue weighted by Gasteiger charge is -2.19. The smallest absolute Gasteiger partial charge is 0.166 e. The fourth-order valence-corrected chi connectivity index (χ4v) is 2.23. The first-order valence-corrected chi connectivity index (χ1v) is 5.29. The number of rotatable bonds is 2. The lowest BCUT2D eigenvalue weighted by atomic mass is 9.84. The molecular weight excluding hydrogens is 176 g/mol. The third kappa shape index (κ3) is 1.47. The minimum absolute atomic E-state index is 0.264.